The molecule has 80 valence electrons. The summed E-state index contributed by atoms with van der Waals surface area (Å²) in [6, 6.07) is 4.72. The van der Waals surface area contributed by atoms with Gasteiger partial charge >= 0.3 is 5.97 Å². The monoisotopic (exact) mass is 208 g/mol. The van der Waals surface area contributed by atoms with Crippen LogP contribution >= 0.6 is 0 Å². The fourth-order valence-electron chi connectivity index (χ4n) is 1.14. The molecular weight excluding hydrogens is 195 g/mol. The van der Waals surface area contributed by atoms with Gasteiger partial charge in [-0.15, -0.1) is 0 Å². The van der Waals surface area contributed by atoms with Gasteiger partial charge in [-0.2, -0.15) is 0 Å². The maximum atomic E-state index is 13.2. The van der Waals surface area contributed by atoms with Crippen molar-refractivity contribution in [1.29, 1.82) is 0 Å². The SMILES string of the molecule is CCOC(=O)C=Cc1cc(C)ccc1F. The Morgan fingerprint density at radius 1 is 1.53 bits per heavy atom. The first kappa shape index (κ1) is 11.4. The van der Waals surface area contributed by atoms with Crippen molar-refractivity contribution < 1.29 is 13.9 Å². The molecule has 0 N–H and O–H groups in total. The maximum Gasteiger partial charge on any atom is 0.330 e. The lowest BCUT2D eigenvalue weighted by Crippen LogP contribution is -1.98. The van der Waals surface area contributed by atoms with E-state index in [9.17, 15) is 9.18 Å². The molecule has 0 saturated carbocycles. The fraction of sp³-hybridized carbons (Fsp3) is 0.250. The van der Waals surface area contributed by atoms with Crippen LogP contribution in [0.1, 0.15) is 18.1 Å². The van der Waals surface area contributed by atoms with Crippen LogP contribution < -0.4 is 0 Å². The van der Waals surface area contributed by atoms with E-state index in [1.807, 2.05) is 6.92 Å². The summed E-state index contributed by atoms with van der Waals surface area (Å²) >= 11 is 0. The number of rotatable bonds is 3. The van der Waals surface area contributed by atoms with Crippen LogP contribution in [0.5, 0.6) is 0 Å². The smallest absolute Gasteiger partial charge is 0.330 e. The zero-order chi connectivity index (χ0) is 11.3. The van der Waals surface area contributed by atoms with E-state index in [-0.39, 0.29) is 5.82 Å². The number of carbonyl (C=O) groups excluding carboxylic acids is 1. The van der Waals surface area contributed by atoms with Gasteiger partial charge in [0, 0.05) is 11.6 Å². The van der Waals surface area contributed by atoms with E-state index in [2.05, 4.69) is 4.74 Å². The molecule has 0 spiro atoms. The molecule has 0 atom stereocenters. The number of hydrogen-bond donors (Lipinski definition) is 0. The highest BCUT2D eigenvalue weighted by molar-refractivity contribution is 5.87. The zero-order valence-electron chi connectivity index (χ0n) is 8.79. The first-order valence-electron chi connectivity index (χ1n) is 4.74. The maximum absolute atomic E-state index is 13.2. The highest BCUT2D eigenvalue weighted by atomic mass is 19.1. The molecule has 1 rings (SSSR count). The predicted octanol–water partition coefficient (Wildman–Crippen LogP) is 2.71. The van der Waals surface area contributed by atoms with E-state index in [4.69, 9.17) is 0 Å². The fourth-order valence-corrected chi connectivity index (χ4v) is 1.14. The standard InChI is InChI=1S/C12H13FO2/c1-3-15-12(14)7-5-10-8-9(2)4-6-11(10)13/h4-8H,3H2,1-2H3. The van der Waals surface area contributed by atoms with E-state index in [1.54, 1.807) is 19.1 Å². The number of carbonyl (C=O) groups is 1. The Labute approximate surface area is 88.4 Å². The molecule has 1 aromatic carbocycles. The van der Waals surface area contributed by atoms with E-state index < -0.39 is 5.97 Å². The lowest BCUT2D eigenvalue weighted by Gasteiger charge is -1.99. The molecule has 0 aliphatic carbocycles. The minimum absolute atomic E-state index is 0.319. The van der Waals surface area contributed by atoms with Gasteiger partial charge in [-0.25, -0.2) is 9.18 Å². The van der Waals surface area contributed by atoms with Gasteiger partial charge in [0.1, 0.15) is 5.82 Å². The Bertz CT molecular complexity index is 383. The molecule has 15 heavy (non-hydrogen) atoms. The Balaban J connectivity index is 2.79. The Hall–Kier alpha value is -1.64. The van der Waals surface area contributed by atoms with Crippen LogP contribution in [-0.2, 0) is 9.53 Å². The number of aryl methyl sites for hydroxylation is 1. The molecule has 3 heteroatoms. The Morgan fingerprint density at radius 2 is 2.27 bits per heavy atom. The highest BCUT2D eigenvalue weighted by Crippen LogP contribution is 2.11. The van der Waals surface area contributed by atoms with Crippen molar-refractivity contribution >= 4 is 12.0 Å². The molecule has 0 aromatic heterocycles. The van der Waals surface area contributed by atoms with Crippen LogP contribution in [0.2, 0.25) is 0 Å². The van der Waals surface area contributed by atoms with Crippen molar-refractivity contribution in [3.05, 3.63) is 41.2 Å². The molecule has 1 aromatic rings. The molecular formula is C12H13FO2. The summed E-state index contributed by atoms with van der Waals surface area (Å²) in [5.74, 6) is -0.806. The van der Waals surface area contributed by atoms with Gasteiger partial charge in [0.2, 0.25) is 0 Å². The van der Waals surface area contributed by atoms with Gasteiger partial charge in [0.05, 0.1) is 6.61 Å². The van der Waals surface area contributed by atoms with Crippen LogP contribution in [0, 0.1) is 12.7 Å². The molecule has 0 radical (unpaired) electrons. The first-order valence-corrected chi connectivity index (χ1v) is 4.74. The van der Waals surface area contributed by atoms with Gasteiger partial charge in [0.25, 0.3) is 0 Å². The molecule has 0 amide bonds. The van der Waals surface area contributed by atoms with Gasteiger partial charge in [0.15, 0.2) is 0 Å². The van der Waals surface area contributed by atoms with Gasteiger partial charge in [-0.3, -0.25) is 0 Å². The van der Waals surface area contributed by atoms with E-state index in [1.165, 1.54) is 18.2 Å². The van der Waals surface area contributed by atoms with Crippen LogP contribution in [0.3, 0.4) is 0 Å². The van der Waals surface area contributed by atoms with Crippen molar-refractivity contribution in [3.8, 4) is 0 Å². The molecule has 2 nitrogen and oxygen atoms in total. The topological polar surface area (TPSA) is 26.3 Å². The van der Waals surface area contributed by atoms with E-state index >= 15 is 0 Å². The largest absolute Gasteiger partial charge is 0.463 e. The van der Waals surface area contributed by atoms with E-state index in [0.717, 1.165) is 5.56 Å². The summed E-state index contributed by atoms with van der Waals surface area (Å²) < 4.78 is 17.9. The highest BCUT2D eigenvalue weighted by Gasteiger charge is 1.99. The second kappa shape index (κ2) is 5.29. The summed E-state index contributed by atoms with van der Waals surface area (Å²) in [7, 11) is 0. The molecule has 0 unspecified atom stereocenters. The van der Waals surface area contributed by atoms with Crippen molar-refractivity contribution in [2.45, 2.75) is 13.8 Å². The van der Waals surface area contributed by atoms with E-state index in [0.29, 0.717) is 12.2 Å². The van der Waals surface area contributed by atoms with Crippen LogP contribution in [0.4, 0.5) is 4.39 Å². The summed E-state index contributed by atoms with van der Waals surface area (Å²) in [4.78, 5) is 11.0. The first-order chi connectivity index (χ1) is 7.13. The van der Waals surface area contributed by atoms with Crippen LogP contribution in [0.25, 0.3) is 6.08 Å². The van der Waals surface area contributed by atoms with Gasteiger partial charge in [-0.1, -0.05) is 11.6 Å². The van der Waals surface area contributed by atoms with Crippen molar-refractivity contribution in [2.24, 2.45) is 0 Å². The Kier molecular flexibility index (Phi) is 4.03. The number of hydrogen-bond acceptors (Lipinski definition) is 2. The molecule has 0 bridgehead atoms. The molecule has 0 aliphatic rings. The molecule has 0 saturated heterocycles. The second-order valence-corrected chi connectivity index (χ2v) is 3.11. The van der Waals surface area contributed by atoms with Gasteiger partial charge in [-0.05, 0) is 32.1 Å². The molecule has 0 heterocycles. The third-order valence-electron chi connectivity index (χ3n) is 1.84. The lowest BCUT2D eigenvalue weighted by molar-refractivity contribution is -0.137. The van der Waals surface area contributed by atoms with Crippen molar-refractivity contribution in [3.63, 3.8) is 0 Å². The summed E-state index contributed by atoms with van der Waals surface area (Å²) in [6.07, 6.45) is 2.64. The second-order valence-electron chi connectivity index (χ2n) is 3.11. The normalized spacial score (nSPS) is 10.6. The van der Waals surface area contributed by atoms with Crippen LogP contribution in [-0.4, -0.2) is 12.6 Å². The number of ether oxygens (including phenoxy) is 1. The zero-order valence-corrected chi connectivity index (χ0v) is 8.79. The average molecular weight is 208 g/mol. The Morgan fingerprint density at radius 3 is 2.93 bits per heavy atom. The molecule has 0 fully saturated rings. The molecule has 0 aliphatic heterocycles. The predicted molar refractivity (Wildman–Crippen MR) is 56.8 cm³/mol. The third-order valence-corrected chi connectivity index (χ3v) is 1.84. The number of esters is 1. The number of benzene rings is 1. The summed E-state index contributed by atoms with van der Waals surface area (Å²) in [5.41, 5.74) is 1.34. The summed E-state index contributed by atoms with van der Waals surface area (Å²) in [5, 5.41) is 0. The quantitative estimate of drug-likeness (QED) is 0.564. The number of halogens is 1. The van der Waals surface area contributed by atoms with Crippen LogP contribution in [0.15, 0.2) is 24.3 Å². The minimum atomic E-state index is -0.460. The van der Waals surface area contributed by atoms with Crippen molar-refractivity contribution in [2.75, 3.05) is 6.61 Å². The lowest BCUT2D eigenvalue weighted by atomic mass is 10.1. The van der Waals surface area contributed by atoms with Crippen molar-refractivity contribution in [1.82, 2.24) is 0 Å². The average Bonchev–Trinajstić information content (AvgIpc) is 2.20. The van der Waals surface area contributed by atoms with Gasteiger partial charge < -0.3 is 4.74 Å². The minimum Gasteiger partial charge on any atom is -0.463 e. The summed E-state index contributed by atoms with van der Waals surface area (Å²) in [6.45, 7) is 3.90. The third kappa shape index (κ3) is 3.54.